The van der Waals surface area contributed by atoms with E-state index in [4.69, 9.17) is 16.7 Å². The van der Waals surface area contributed by atoms with E-state index in [0.717, 1.165) is 0 Å². The molecule has 0 bridgehead atoms. The minimum atomic E-state index is -0.538. The molecule has 0 aliphatic rings. The van der Waals surface area contributed by atoms with Gasteiger partial charge in [-0.15, -0.1) is 0 Å². The van der Waals surface area contributed by atoms with Gasteiger partial charge in [0.25, 0.3) is 5.56 Å². The van der Waals surface area contributed by atoms with E-state index in [1.807, 2.05) is 0 Å². The molecule has 3 aromatic rings. The van der Waals surface area contributed by atoms with Crippen LogP contribution in [0.15, 0.2) is 53.5 Å². The molecule has 0 aliphatic carbocycles. The van der Waals surface area contributed by atoms with Crippen molar-refractivity contribution in [1.29, 1.82) is 0 Å². The summed E-state index contributed by atoms with van der Waals surface area (Å²) in [5, 5.41) is 12.8. The highest BCUT2D eigenvalue weighted by atomic mass is 35.5. The van der Waals surface area contributed by atoms with Gasteiger partial charge < -0.3 is 15.0 Å². The Morgan fingerprint density at radius 3 is 2.73 bits per heavy atom. The highest BCUT2D eigenvalue weighted by Crippen LogP contribution is 2.21. The van der Waals surface area contributed by atoms with Crippen LogP contribution in [0.2, 0.25) is 5.02 Å². The lowest BCUT2D eigenvalue weighted by Gasteiger charge is -2.11. The van der Waals surface area contributed by atoms with E-state index in [-0.39, 0.29) is 36.1 Å². The summed E-state index contributed by atoms with van der Waals surface area (Å²) >= 11 is 5.73. The van der Waals surface area contributed by atoms with Crippen LogP contribution >= 0.6 is 11.6 Å². The number of carbonyl (C=O) groups excluding carboxylic acids is 1. The molecule has 26 heavy (non-hydrogen) atoms. The third kappa shape index (κ3) is 3.76. The summed E-state index contributed by atoms with van der Waals surface area (Å²) in [5.74, 6) is -0.844. The first-order chi connectivity index (χ1) is 12.5. The Labute approximate surface area is 153 Å². The Morgan fingerprint density at radius 1 is 1.19 bits per heavy atom. The summed E-state index contributed by atoms with van der Waals surface area (Å²) in [4.78, 5) is 24.7. The van der Waals surface area contributed by atoms with Gasteiger partial charge in [0, 0.05) is 29.2 Å². The molecule has 0 aliphatic heterocycles. The summed E-state index contributed by atoms with van der Waals surface area (Å²) in [6, 6.07) is 10.9. The molecule has 0 unspecified atom stereocenters. The second-order valence-electron chi connectivity index (χ2n) is 5.78. The van der Waals surface area contributed by atoms with Crippen molar-refractivity contribution in [2.24, 2.45) is 0 Å². The topological polar surface area (TPSA) is 71.3 Å². The number of aliphatic hydroxyl groups excluding tert-OH is 1. The zero-order chi connectivity index (χ0) is 18.7. The number of pyridine rings is 1. The molecule has 0 radical (unpaired) electrons. The second-order valence-corrected chi connectivity index (χ2v) is 6.19. The number of anilines is 1. The number of benzene rings is 2. The zero-order valence-electron chi connectivity index (χ0n) is 13.7. The molecule has 3 rings (SSSR count). The summed E-state index contributed by atoms with van der Waals surface area (Å²) < 4.78 is 14.6. The monoisotopic (exact) mass is 374 g/mol. The smallest absolute Gasteiger partial charge is 0.258 e. The molecule has 1 aromatic heterocycles. The molecule has 5 nitrogen and oxygen atoms in total. The van der Waals surface area contributed by atoms with Gasteiger partial charge in [-0.1, -0.05) is 23.7 Å². The van der Waals surface area contributed by atoms with Crippen molar-refractivity contribution in [2.45, 2.75) is 13.0 Å². The van der Waals surface area contributed by atoms with Gasteiger partial charge in [-0.2, -0.15) is 0 Å². The fourth-order valence-corrected chi connectivity index (χ4v) is 2.94. The summed E-state index contributed by atoms with van der Waals surface area (Å²) in [6.07, 6.45) is 1.61. The molecule has 2 aromatic carbocycles. The van der Waals surface area contributed by atoms with Crippen molar-refractivity contribution in [3.8, 4) is 0 Å². The lowest BCUT2D eigenvalue weighted by molar-refractivity contribution is -0.115. The molecule has 134 valence electrons. The third-order valence-electron chi connectivity index (χ3n) is 3.98. The molecule has 0 saturated heterocycles. The molecule has 0 spiro atoms. The molecular weight excluding hydrogens is 359 g/mol. The molecular formula is C19H16ClFN2O3. The Balaban J connectivity index is 1.86. The fourth-order valence-electron chi connectivity index (χ4n) is 2.74. The van der Waals surface area contributed by atoms with Crippen LogP contribution in [0.1, 0.15) is 5.56 Å². The lowest BCUT2D eigenvalue weighted by Crippen LogP contribution is -2.21. The van der Waals surface area contributed by atoms with E-state index >= 15 is 0 Å². The highest BCUT2D eigenvalue weighted by molar-refractivity contribution is 6.30. The molecule has 0 fully saturated rings. The van der Waals surface area contributed by atoms with Crippen LogP contribution in [0, 0.1) is 5.82 Å². The number of nitrogens with zero attached hydrogens (tertiary/aromatic N) is 1. The van der Waals surface area contributed by atoms with Gasteiger partial charge in [0.2, 0.25) is 5.91 Å². The average Bonchev–Trinajstić information content (AvgIpc) is 2.61. The van der Waals surface area contributed by atoms with Crippen LogP contribution in [0.4, 0.5) is 10.1 Å². The number of aliphatic hydroxyl groups is 1. The molecule has 1 heterocycles. The van der Waals surface area contributed by atoms with Gasteiger partial charge in [-0.3, -0.25) is 9.59 Å². The Morgan fingerprint density at radius 2 is 2.00 bits per heavy atom. The van der Waals surface area contributed by atoms with Crippen molar-refractivity contribution in [3.05, 3.63) is 75.4 Å². The van der Waals surface area contributed by atoms with Crippen LogP contribution in [0.25, 0.3) is 10.8 Å². The van der Waals surface area contributed by atoms with Crippen molar-refractivity contribution >= 4 is 34.0 Å². The fraction of sp³-hybridized carbons (Fsp3) is 0.158. The molecule has 0 atom stereocenters. The minimum absolute atomic E-state index is 0.0258. The molecule has 1 amide bonds. The number of carbonyl (C=O) groups is 1. The number of nitrogens with one attached hydrogen (secondary N) is 1. The van der Waals surface area contributed by atoms with E-state index < -0.39 is 5.82 Å². The van der Waals surface area contributed by atoms with Gasteiger partial charge in [-0.05, 0) is 35.9 Å². The first kappa shape index (κ1) is 18.1. The predicted octanol–water partition coefficient (Wildman–Crippen LogP) is 2.97. The number of rotatable bonds is 5. The summed E-state index contributed by atoms with van der Waals surface area (Å²) in [6.45, 7) is 0.0682. The first-order valence-electron chi connectivity index (χ1n) is 7.96. The van der Waals surface area contributed by atoms with Crippen LogP contribution in [-0.4, -0.2) is 22.2 Å². The number of fused-ring (bicyclic) bond motifs is 1. The number of amides is 1. The van der Waals surface area contributed by atoms with E-state index in [0.29, 0.717) is 22.0 Å². The SMILES string of the molecule is O=C(Cc1ccc(F)c(Cl)c1)Nc1cccc2c(=O)n(CCO)ccc12. The van der Waals surface area contributed by atoms with Gasteiger partial charge in [0.1, 0.15) is 5.82 Å². The number of aromatic nitrogens is 1. The summed E-state index contributed by atoms with van der Waals surface area (Å²) in [7, 11) is 0. The third-order valence-corrected chi connectivity index (χ3v) is 4.27. The maximum absolute atomic E-state index is 13.2. The van der Waals surface area contributed by atoms with Gasteiger partial charge in [0.05, 0.1) is 18.1 Å². The zero-order valence-corrected chi connectivity index (χ0v) is 14.5. The number of hydrogen-bond donors (Lipinski definition) is 2. The largest absolute Gasteiger partial charge is 0.395 e. The van der Waals surface area contributed by atoms with Crippen LogP contribution in [0.5, 0.6) is 0 Å². The van der Waals surface area contributed by atoms with Crippen molar-refractivity contribution in [1.82, 2.24) is 4.57 Å². The second kappa shape index (κ2) is 7.68. The number of halogens is 2. The minimum Gasteiger partial charge on any atom is -0.395 e. The van der Waals surface area contributed by atoms with E-state index in [1.165, 1.54) is 22.8 Å². The molecule has 7 heteroatoms. The van der Waals surface area contributed by atoms with Gasteiger partial charge >= 0.3 is 0 Å². The maximum Gasteiger partial charge on any atom is 0.258 e. The van der Waals surface area contributed by atoms with Crippen LogP contribution < -0.4 is 10.9 Å². The van der Waals surface area contributed by atoms with Gasteiger partial charge in [-0.25, -0.2) is 4.39 Å². The Kier molecular flexibility index (Phi) is 5.35. The molecule has 2 N–H and O–H groups in total. The first-order valence-corrected chi connectivity index (χ1v) is 8.34. The van der Waals surface area contributed by atoms with E-state index in [1.54, 1.807) is 30.5 Å². The quantitative estimate of drug-likeness (QED) is 0.721. The van der Waals surface area contributed by atoms with Crippen molar-refractivity contribution < 1.29 is 14.3 Å². The van der Waals surface area contributed by atoms with Crippen molar-refractivity contribution in [3.63, 3.8) is 0 Å². The van der Waals surface area contributed by atoms with Crippen molar-refractivity contribution in [2.75, 3.05) is 11.9 Å². The highest BCUT2D eigenvalue weighted by Gasteiger charge is 2.11. The predicted molar refractivity (Wildman–Crippen MR) is 99.0 cm³/mol. The Hall–Kier alpha value is -2.70. The Bertz CT molecular complexity index is 1030. The molecule has 0 saturated carbocycles. The van der Waals surface area contributed by atoms with Gasteiger partial charge in [0.15, 0.2) is 0 Å². The normalized spacial score (nSPS) is 10.9. The lowest BCUT2D eigenvalue weighted by atomic mass is 10.1. The average molecular weight is 375 g/mol. The summed E-state index contributed by atoms with van der Waals surface area (Å²) in [5.41, 5.74) is 0.853. The maximum atomic E-state index is 13.2. The standard InChI is InChI=1S/C19H16ClFN2O3/c20-15-10-12(4-5-16(15)21)11-18(25)22-17-3-1-2-14-13(17)6-7-23(8-9-24)19(14)26/h1-7,10,24H,8-9,11H2,(H,22,25). The van der Waals surface area contributed by atoms with Crippen LogP contribution in [0.3, 0.4) is 0 Å². The number of hydrogen-bond acceptors (Lipinski definition) is 3. The van der Waals surface area contributed by atoms with E-state index in [2.05, 4.69) is 5.32 Å². The van der Waals surface area contributed by atoms with E-state index in [9.17, 15) is 14.0 Å². The van der Waals surface area contributed by atoms with Crippen LogP contribution in [-0.2, 0) is 17.8 Å².